The zero-order valence-corrected chi connectivity index (χ0v) is 14.7. The van der Waals surface area contributed by atoms with Crippen LogP contribution in [-0.4, -0.2) is 46.0 Å². The Bertz CT molecular complexity index is 655. The normalized spacial score (nSPS) is 15.2. The van der Waals surface area contributed by atoms with Crippen molar-refractivity contribution in [3.8, 4) is 0 Å². The third-order valence-electron chi connectivity index (χ3n) is 4.01. The predicted molar refractivity (Wildman–Crippen MR) is 98.1 cm³/mol. The van der Waals surface area contributed by atoms with E-state index in [4.69, 9.17) is 11.6 Å². The van der Waals surface area contributed by atoms with E-state index in [-0.39, 0.29) is 0 Å². The maximum atomic E-state index is 5.90. The second-order valence-corrected chi connectivity index (χ2v) is 6.43. The highest BCUT2D eigenvalue weighted by Crippen LogP contribution is 2.17. The number of nitrogens with one attached hydrogen (secondary N) is 2. The van der Waals surface area contributed by atoms with E-state index in [1.54, 1.807) is 0 Å². The molecule has 1 aliphatic rings. The summed E-state index contributed by atoms with van der Waals surface area (Å²) in [6.07, 6.45) is 3.97. The van der Waals surface area contributed by atoms with Crippen LogP contribution in [0.3, 0.4) is 0 Å². The van der Waals surface area contributed by atoms with Crippen molar-refractivity contribution in [2.45, 2.75) is 26.2 Å². The molecule has 0 bridgehead atoms. The fraction of sp³-hybridized carbons (Fsp3) is 0.471. The average molecular weight is 347 g/mol. The molecule has 0 aliphatic carbocycles. The van der Waals surface area contributed by atoms with Crippen LogP contribution in [0.15, 0.2) is 24.3 Å². The van der Waals surface area contributed by atoms with Gasteiger partial charge in [-0.05, 0) is 57.1 Å². The lowest BCUT2D eigenvalue weighted by Crippen LogP contribution is -2.33. The summed E-state index contributed by atoms with van der Waals surface area (Å²) in [7, 11) is 0. The molecule has 0 saturated carbocycles. The van der Waals surface area contributed by atoms with Crippen molar-refractivity contribution >= 4 is 29.2 Å². The number of aryl methyl sites for hydroxylation is 1. The Hall–Kier alpha value is -1.92. The molecule has 2 aromatic rings. The van der Waals surface area contributed by atoms with Crippen molar-refractivity contribution < 1.29 is 0 Å². The van der Waals surface area contributed by atoms with E-state index in [0.29, 0.717) is 22.7 Å². The molecule has 3 rings (SSSR count). The van der Waals surface area contributed by atoms with Crippen LogP contribution in [0.5, 0.6) is 0 Å². The smallest absolute Gasteiger partial charge is 0.232 e. The third-order valence-corrected chi connectivity index (χ3v) is 4.26. The number of benzene rings is 1. The van der Waals surface area contributed by atoms with E-state index in [9.17, 15) is 0 Å². The fourth-order valence-corrected chi connectivity index (χ4v) is 2.91. The summed E-state index contributed by atoms with van der Waals surface area (Å²) in [5, 5.41) is 7.19. The second kappa shape index (κ2) is 8.26. The molecule has 6 nitrogen and oxygen atoms in total. The van der Waals surface area contributed by atoms with Gasteiger partial charge in [-0.15, -0.1) is 0 Å². The molecule has 24 heavy (non-hydrogen) atoms. The van der Waals surface area contributed by atoms with E-state index in [0.717, 1.165) is 18.8 Å². The summed E-state index contributed by atoms with van der Waals surface area (Å²) < 4.78 is 0. The standard InChI is InChI=1S/C17H23ClN6/c1-13-20-16(19-9-12-24-10-3-2-4-11-24)23-17(21-13)22-15-7-5-14(18)6-8-15/h5-8H,2-4,9-12H2,1H3,(H2,19,20,21,22,23). The van der Waals surface area contributed by atoms with Gasteiger partial charge in [-0.25, -0.2) is 0 Å². The molecule has 1 aromatic heterocycles. The van der Waals surface area contributed by atoms with E-state index in [1.807, 2.05) is 31.2 Å². The van der Waals surface area contributed by atoms with Gasteiger partial charge >= 0.3 is 0 Å². The number of nitrogens with zero attached hydrogens (tertiary/aromatic N) is 4. The highest BCUT2D eigenvalue weighted by atomic mass is 35.5. The molecule has 0 radical (unpaired) electrons. The zero-order chi connectivity index (χ0) is 16.8. The lowest BCUT2D eigenvalue weighted by atomic mass is 10.1. The molecule has 0 unspecified atom stereocenters. The molecule has 1 saturated heterocycles. The van der Waals surface area contributed by atoms with E-state index < -0.39 is 0 Å². The van der Waals surface area contributed by atoms with Gasteiger partial charge in [0.25, 0.3) is 0 Å². The van der Waals surface area contributed by atoms with Crippen LogP contribution in [0.1, 0.15) is 25.1 Å². The van der Waals surface area contributed by atoms with Gasteiger partial charge in [0.2, 0.25) is 11.9 Å². The quantitative estimate of drug-likeness (QED) is 0.834. The number of halogens is 1. The van der Waals surface area contributed by atoms with Crippen LogP contribution in [0, 0.1) is 6.92 Å². The monoisotopic (exact) mass is 346 g/mol. The number of rotatable bonds is 6. The summed E-state index contributed by atoms with van der Waals surface area (Å²) in [6.45, 7) is 6.11. The molecular weight excluding hydrogens is 324 g/mol. The molecule has 128 valence electrons. The fourth-order valence-electron chi connectivity index (χ4n) is 2.79. The summed E-state index contributed by atoms with van der Waals surface area (Å²) in [6, 6.07) is 7.45. The molecule has 2 heterocycles. The summed E-state index contributed by atoms with van der Waals surface area (Å²) in [4.78, 5) is 15.6. The third kappa shape index (κ3) is 5.04. The molecule has 0 spiro atoms. The van der Waals surface area contributed by atoms with Crippen molar-refractivity contribution in [2.24, 2.45) is 0 Å². The Morgan fingerprint density at radius 3 is 2.46 bits per heavy atom. The molecule has 0 atom stereocenters. The topological polar surface area (TPSA) is 66.0 Å². The Kier molecular flexibility index (Phi) is 5.82. The van der Waals surface area contributed by atoms with Gasteiger partial charge in [0.05, 0.1) is 0 Å². The van der Waals surface area contributed by atoms with E-state index in [1.165, 1.54) is 32.4 Å². The van der Waals surface area contributed by atoms with Gasteiger partial charge in [0, 0.05) is 23.8 Å². The Balaban J connectivity index is 1.57. The van der Waals surface area contributed by atoms with Crippen LogP contribution >= 0.6 is 11.6 Å². The number of aromatic nitrogens is 3. The van der Waals surface area contributed by atoms with E-state index >= 15 is 0 Å². The molecule has 7 heteroatoms. The Morgan fingerprint density at radius 2 is 1.71 bits per heavy atom. The molecule has 1 aliphatic heterocycles. The van der Waals surface area contributed by atoms with Crippen LogP contribution in [0.25, 0.3) is 0 Å². The predicted octanol–water partition coefficient (Wildman–Crippen LogP) is 3.47. The van der Waals surface area contributed by atoms with Gasteiger partial charge < -0.3 is 15.5 Å². The average Bonchev–Trinajstić information content (AvgIpc) is 2.57. The van der Waals surface area contributed by atoms with Crippen molar-refractivity contribution in [3.05, 3.63) is 35.1 Å². The first-order chi connectivity index (χ1) is 11.7. The molecule has 0 amide bonds. The van der Waals surface area contributed by atoms with Gasteiger partial charge in [0.15, 0.2) is 0 Å². The molecular formula is C17H23ClN6. The van der Waals surface area contributed by atoms with Crippen molar-refractivity contribution in [1.82, 2.24) is 19.9 Å². The Labute approximate surface area is 147 Å². The summed E-state index contributed by atoms with van der Waals surface area (Å²) >= 11 is 5.90. The first kappa shape index (κ1) is 16.9. The van der Waals surface area contributed by atoms with Gasteiger partial charge in [-0.2, -0.15) is 15.0 Å². The van der Waals surface area contributed by atoms with Gasteiger partial charge in [0.1, 0.15) is 5.82 Å². The lowest BCUT2D eigenvalue weighted by molar-refractivity contribution is 0.237. The SMILES string of the molecule is Cc1nc(NCCN2CCCCC2)nc(Nc2ccc(Cl)cc2)n1. The lowest BCUT2D eigenvalue weighted by Gasteiger charge is -2.26. The minimum atomic E-state index is 0.533. The Morgan fingerprint density at radius 1 is 1.00 bits per heavy atom. The highest BCUT2D eigenvalue weighted by Gasteiger charge is 2.10. The van der Waals surface area contributed by atoms with Crippen LogP contribution < -0.4 is 10.6 Å². The maximum absolute atomic E-state index is 5.90. The maximum Gasteiger partial charge on any atom is 0.232 e. The van der Waals surface area contributed by atoms with Crippen LogP contribution in [0.4, 0.5) is 17.6 Å². The first-order valence-electron chi connectivity index (χ1n) is 8.40. The van der Waals surface area contributed by atoms with Crippen LogP contribution in [0.2, 0.25) is 5.02 Å². The largest absolute Gasteiger partial charge is 0.353 e. The minimum Gasteiger partial charge on any atom is -0.353 e. The van der Waals surface area contributed by atoms with Crippen molar-refractivity contribution in [2.75, 3.05) is 36.8 Å². The van der Waals surface area contributed by atoms with E-state index in [2.05, 4.69) is 30.5 Å². The number of hydrogen-bond donors (Lipinski definition) is 2. The number of hydrogen-bond acceptors (Lipinski definition) is 6. The summed E-state index contributed by atoms with van der Waals surface area (Å²) in [5.41, 5.74) is 0.893. The molecule has 1 fully saturated rings. The second-order valence-electron chi connectivity index (χ2n) is 5.99. The number of likely N-dealkylation sites (tertiary alicyclic amines) is 1. The van der Waals surface area contributed by atoms with Crippen molar-refractivity contribution in [3.63, 3.8) is 0 Å². The number of anilines is 3. The molecule has 1 aromatic carbocycles. The minimum absolute atomic E-state index is 0.533. The zero-order valence-electron chi connectivity index (χ0n) is 13.9. The van der Waals surface area contributed by atoms with Gasteiger partial charge in [-0.1, -0.05) is 18.0 Å². The number of piperidine rings is 1. The highest BCUT2D eigenvalue weighted by molar-refractivity contribution is 6.30. The summed E-state index contributed by atoms with van der Waals surface area (Å²) in [5.74, 6) is 1.82. The van der Waals surface area contributed by atoms with Crippen molar-refractivity contribution in [1.29, 1.82) is 0 Å². The van der Waals surface area contributed by atoms with Gasteiger partial charge in [-0.3, -0.25) is 0 Å². The molecule has 2 N–H and O–H groups in total. The first-order valence-corrected chi connectivity index (χ1v) is 8.78. The van der Waals surface area contributed by atoms with Crippen LogP contribution in [-0.2, 0) is 0 Å².